The second-order valence-corrected chi connectivity index (χ2v) is 9.66. The van der Waals surface area contributed by atoms with Crippen LogP contribution in [-0.4, -0.2) is 34.5 Å². The molecule has 3 N–H and O–H groups in total. The Bertz CT molecular complexity index is 1490. The molecule has 4 nitrogen and oxygen atoms in total. The van der Waals surface area contributed by atoms with E-state index >= 15 is 0 Å². The number of aromatic amines is 1. The summed E-state index contributed by atoms with van der Waals surface area (Å²) in [4.78, 5) is 10.4. The molecule has 0 spiro atoms. The first-order valence-electron chi connectivity index (χ1n) is 13.5. The fourth-order valence-electron chi connectivity index (χ4n) is 4.92. The number of likely N-dealkylation sites (tertiary alicyclic amines) is 1. The Balaban J connectivity index is 0.00000216. The molecule has 0 bridgehead atoms. The lowest BCUT2D eigenvalue weighted by molar-refractivity contribution is 0.371. The number of halogens is 1. The third-order valence-corrected chi connectivity index (χ3v) is 7.03. The first-order valence-corrected chi connectivity index (χ1v) is 13.5. The first-order chi connectivity index (χ1) is 19.4. The quantitative estimate of drug-likeness (QED) is 0.207. The maximum absolute atomic E-state index is 14.5. The van der Waals surface area contributed by atoms with Crippen LogP contribution >= 0.6 is 0 Å². The minimum Gasteiger partial charge on any atom is -0.399 e. The Morgan fingerprint density at radius 2 is 1.85 bits per heavy atom. The van der Waals surface area contributed by atoms with Crippen LogP contribution in [0.15, 0.2) is 114 Å². The monoisotopic (exact) mass is 534 g/mol. The van der Waals surface area contributed by atoms with E-state index < -0.39 is 0 Å². The van der Waals surface area contributed by atoms with Gasteiger partial charge in [-0.3, -0.25) is 9.88 Å². The molecule has 3 aromatic rings. The van der Waals surface area contributed by atoms with Crippen LogP contribution in [0.3, 0.4) is 0 Å². The van der Waals surface area contributed by atoms with Gasteiger partial charge in [-0.25, -0.2) is 4.39 Å². The van der Waals surface area contributed by atoms with E-state index in [1.54, 1.807) is 18.3 Å². The van der Waals surface area contributed by atoms with E-state index in [9.17, 15) is 4.39 Å². The van der Waals surface area contributed by atoms with Gasteiger partial charge in [-0.15, -0.1) is 12.8 Å². The Hall–Kier alpha value is -4.40. The number of allylic oxidation sites excluding steroid dienone is 7. The van der Waals surface area contributed by atoms with Crippen molar-refractivity contribution >= 4 is 10.9 Å². The Morgan fingerprint density at radius 1 is 1.12 bits per heavy atom. The Morgan fingerprint density at radius 3 is 2.50 bits per heavy atom. The van der Waals surface area contributed by atoms with Crippen LogP contribution in [0, 0.1) is 18.7 Å². The summed E-state index contributed by atoms with van der Waals surface area (Å²) in [5, 5.41) is 0.874. The van der Waals surface area contributed by atoms with Crippen LogP contribution in [0.2, 0.25) is 0 Å². The van der Waals surface area contributed by atoms with Gasteiger partial charge in [0.2, 0.25) is 0 Å². The van der Waals surface area contributed by atoms with Crippen LogP contribution in [-0.2, 0) is 6.42 Å². The molecule has 206 valence electrons. The molecule has 5 heteroatoms. The molecular formula is C35H39FN4. The predicted octanol–water partition coefficient (Wildman–Crippen LogP) is 7.66. The van der Waals surface area contributed by atoms with Crippen LogP contribution in [0.5, 0.6) is 0 Å². The third-order valence-electron chi connectivity index (χ3n) is 7.03. The lowest BCUT2D eigenvalue weighted by Crippen LogP contribution is -2.21. The van der Waals surface area contributed by atoms with Gasteiger partial charge in [0.1, 0.15) is 5.82 Å². The van der Waals surface area contributed by atoms with Gasteiger partial charge in [-0.1, -0.05) is 49.6 Å². The highest BCUT2D eigenvalue weighted by atomic mass is 19.1. The second-order valence-electron chi connectivity index (χ2n) is 9.66. The summed E-state index contributed by atoms with van der Waals surface area (Å²) in [6.45, 7) is 15.5. The zero-order chi connectivity index (χ0) is 29.1. The molecule has 4 rings (SSSR count). The Labute approximate surface area is 238 Å². The summed E-state index contributed by atoms with van der Waals surface area (Å²) in [6.07, 6.45) is 22.9. The highest BCUT2D eigenvalue weighted by molar-refractivity contribution is 5.93. The fourth-order valence-corrected chi connectivity index (χ4v) is 4.92. The zero-order valence-corrected chi connectivity index (χ0v) is 23.6. The summed E-state index contributed by atoms with van der Waals surface area (Å²) in [7, 11) is 0. The smallest absolute Gasteiger partial charge is 0.132 e. The molecule has 1 fully saturated rings. The summed E-state index contributed by atoms with van der Waals surface area (Å²) in [5.41, 5.74) is 14.2. The number of hydrogen-bond acceptors (Lipinski definition) is 3. The molecule has 0 amide bonds. The number of fused-ring (bicyclic) bond motifs is 1. The minimum absolute atomic E-state index is 0.291. The van der Waals surface area contributed by atoms with Gasteiger partial charge in [-0.2, -0.15) is 0 Å². The fraction of sp³-hybridized carbons (Fsp3) is 0.229. The molecule has 0 unspecified atom stereocenters. The van der Waals surface area contributed by atoms with Crippen molar-refractivity contribution in [3.63, 3.8) is 0 Å². The molecular weight excluding hydrogens is 495 g/mol. The van der Waals surface area contributed by atoms with Crippen LogP contribution in [0.1, 0.15) is 32.4 Å². The molecule has 3 heterocycles. The van der Waals surface area contributed by atoms with Gasteiger partial charge in [0.15, 0.2) is 0 Å². The van der Waals surface area contributed by atoms with Gasteiger partial charge in [-0.05, 0) is 92.4 Å². The molecule has 2 aromatic heterocycles. The van der Waals surface area contributed by atoms with Crippen LogP contribution in [0.4, 0.5) is 4.39 Å². The number of H-pyrrole nitrogens is 1. The molecule has 0 aliphatic carbocycles. The number of nitrogens with one attached hydrogen (secondary N) is 1. The van der Waals surface area contributed by atoms with Crippen molar-refractivity contribution in [2.75, 3.05) is 19.6 Å². The molecule has 0 atom stereocenters. The number of pyridine rings is 1. The average Bonchev–Trinajstić information content (AvgIpc) is 3.65. The van der Waals surface area contributed by atoms with E-state index in [2.05, 4.69) is 59.1 Å². The van der Waals surface area contributed by atoms with Crippen molar-refractivity contribution in [1.29, 1.82) is 0 Å². The third kappa shape index (κ3) is 7.37. The zero-order valence-electron chi connectivity index (χ0n) is 23.6. The predicted molar refractivity (Wildman–Crippen MR) is 168 cm³/mol. The van der Waals surface area contributed by atoms with Crippen LogP contribution < -0.4 is 5.73 Å². The van der Waals surface area contributed by atoms with Crippen molar-refractivity contribution in [3.8, 4) is 24.1 Å². The van der Waals surface area contributed by atoms with E-state index in [4.69, 9.17) is 5.73 Å². The standard InChI is InChI=1S/C33H37FN4.C2H2/c1-5-24(22-38-16-10-11-17-38)19-25(6-2)23(4)18-26(31(35)7-3)20-27-21-29-32(37-27)14-15-36-33(29)28-12-8-9-13-30(28)34;1-2/h5-9,12-15,18-19,21,37H,1,4,10-11,16-17,20,22,35H2,2-3H3;1-2H/b24-19+,25-6+,26-18-,31-7+;. The van der Waals surface area contributed by atoms with Crippen molar-refractivity contribution in [2.45, 2.75) is 33.1 Å². The Kier molecular flexibility index (Phi) is 11.1. The molecule has 1 aliphatic heterocycles. The van der Waals surface area contributed by atoms with Crippen molar-refractivity contribution in [3.05, 3.63) is 126 Å². The summed E-state index contributed by atoms with van der Waals surface area (Å²) < 4.78 is 14.5. The summed E-state index contributed by atoms with van der Waals surface area (Å²) in [5.74, 6) is -0.291. The number of aromatic nitrogens is 2. The number of nitrogens with zero attached hydrogens (tertiary/aromatic N) is 2. The van der Waals surface area contributed by atoms with E-state index in [0.717, 1.165) is 53.0 Å². The van der Waals surface area contributed by atoms with Gasteiger partial charge < -0.3 is 10.7 Å². The number of benzene rings is 1. The van der Waals surface area contributed by atoms with Gasteiger partial charge >= 0.3 is 0 Å². The first kappa shape index (κ1) is 30.1. The SMILES string of the molecule is C#C.C=C/C(=C\C(=C/C)C(=C)/C=C(Cc1cc2c(-c3ccccc3F)nccc2[nH]1)\C(N)=C/C)CN1CCCC1. The van der Waals surface area contributed by atoms with E-state index in [1.165, 1.54) is 24.5 Å². The van der Waals surface area contributed by atoms with Crippen LogP contribution in [0.25, 0.3) is 22.2 Å². The minimum atomic E-state index is -0.291. The molecule has 40 heavy (non-hydrogen) atoms. The number of nitrogens with two attached hydrogens (primary N) is 1. The summed E-state index contributed by atoms with van der Waals surface area (Å²) in [6, 6.07) is 10.7. The second kappa shape index (κ2) is 14.7. The van der Waals surface area contributed by atoms with Crippen molar-refractivity contribution < 1.29 is 4.39 Å². The molecule has 1 aromatic carbocycles. The topological polar surface area (TPSA) is 57.9 Å². The lowest BCUT2D eigenvalue weighted by Gasteiger charge is -2.16. The molecule has 1 saturated heterocycles. The molecule has 0 radical (unpaired) electrons. The maximum atomic E-state index is 14.5. The normalized spacial score (nSPS) is 15.1. The van der Waals surface area contributed by atoms with E-state index in [0.29, 0.717) is 23.4 Å². The largest absolute Gasteiger partial charge is 0.399 e. The number of terminal acetylenes is 1. The van der Waals surface area contributed by atoms with Gasteiger partial charge in [0.05, 0.1) is 5.69 Å². The highest BCUT2D eigenvalue weighted by Crippen LogP contribution is 2.30. The van der Waals surface area contributed by atoms with Crippen molar-refractivity contribution in [1.82, 2.24) is 14.9 Å². The maximum Gasteiger partial charge on any atom is 0.132 e. The van der Waals surface area contributed by atoms with E-state index in [1.807, 2.05) is 44.2 Å². The molecule has 0 saturated carbocycles. The van der Waals surface area contributed by atoms with E-state index in [-0.39, 0.29) is 5.82 Å². The average molecular weight is 535 g/mol. The molecule has 1 aliphatic rings. The summed E-state index contributed by atoms with van der Waals surface area (Å²) >= 11 is 0. The van der Waals surface area contributed by atoms with Crippen molar-refractivity contribution in [2.24, 2.45) is 5.73 Å². The highest BCUT2D eigenvalue weighted by Gasteiger charge is 2.15. The van der Waals surface area contributed by atoms with Gasteiger partial charge in [0, 0.05) is 47.0 Å². The lowest BCUT2D eigenvalue weighted by atomic mass is 9.98. The number of rotatable bonds is 10. The number of hydrogen-bond donors (Lipinski definition) is 2. The van der Waals surface area contributed by atoms with Gasteiger partial charge in [0.25, 0.3) is 0 Å².